The van der Waals surface area contributed by atoms with Crippen molar-refractivity contribution in [1.29, 1.82) is 0 Å². The SMILES string of the molecule is CCCc1nc(COc2c(F)cc(C=O)cc2F)no1. The molecule has 0 unspecified atom stereocenters. The largest absolute Gasteiger partial charge is 0.479 e. The van der Waals surface area contributed by atoms with Crippen LogP contribution >= 0.6 is 0 Å². The molecule has 0 saturated heterocycles. The number of ether oxygens (including phenoxy) is 1. The van der Waals surface area contributed by atoms with Crippen LogP contribution in [0.4, 0.5) is 8.78 Å². The summed E-state index contributed by atoms with van der Waals surface area (Å²) < 4.78 is 37.0. The maximum atomic E-state index is 13.5. The Morgan fingerprint density at radius 1 is 1.35 bits per heavy atom. The molecule has 0 N–H and O–H groups in total. The second-order valence-electron chi connectivity index (χ2n) is 4.07. The average molecular weight is 282 g/mol. The van der Waals surface area contributed by atoms with Crippen molar-refractivity contribution in [3.63, 3.8) is 0 Å². The first-order valence-corrected chi connectivity index (χ1v) is 6.02. The molecule has 2 aromatic rings. The third-order valence-corrected chi connectivity index (χ3v) is 2.48. The molecule has 5 nitrogen and oxygen atoms in total. The van der Waals surface area contributed by atoms with E-state index >= 15 is 0 Å². The highest BCUT2D eigenvalue weighted by Crippen LogP contribution is 2.23. The van der Waals surface area contributed by atoms with Gasteiger partial charge in [-0.2, -0.15) is 4.98 Å². The van der Waals surface area contributed by atoms with E-state index in [0.29, 0.717) is 18.6 Å². The van der Waals surface area contributed by atoms with Gasteiger partial charge in [0.1, 0.15) is 6.29 Å². The third-order valence-electron chi connectivity index (χ3n) is 2.48. The van der Waals surface area contributed by atoms with Crippen molar-refractivity contribution in [2.24, 2.45) is 0 Å². The minimum Gasteiger partial charge on any atom is -0.479 e. The molecule has 0 aliphatic carbocycles. The monoisotopic (exact) mass is 282 g/mol. The maximum Gasteiger partial charge on any atom is 0.226 e. The van der Waals surface area contributed by atoms with Gasteiger partial charge in [-0.25, -0.2) is 8.78 Å². The molecule has 0 amide bonds. The van der Waals surface area contributed by atoms with Crippen LogP contribution < -0.4 is 4.74 Å². The second-order valence-corrected chi connectivity index (χ2v) is 4.07. The number of hydrogen-bond acceptors (Lipinski definition) is 5. The zero-order chi connectivity index (χ0) is 14.5. The van der Waals surface area contributed by atoms with E-state index in [4.69, 9.17) is 9.26 Å². The minimum atomic E-state index is -0.954. The number of carbonyl (C=O) groups is 1. The van der Waals surface area contributed by atoms with Crippen LogP contribution in [0.3, 0.4) is 0 Å². The maximum absolute atomic E-state index is 13.5. The van der Waals surface area contributed by atoms with Crippen LogP contribution in [0.25, 0.3) is 0 Å². The molecule has 7 heteroatoms. The van der Waals surface area contributed by atoms with Crippen molar-refractivity contribution in [2.75, 3.05) is 0 Å². The van der Waals surface area contributed by atoms with Gasteiger partial charge >= 0.3 is 0 Å². The van der Waals surface area contributed by atoms with E-state index in [1.54, 1.807) is 0 Å². The van der Waals surface area contributed by atoms with Gasteiger partial charge in [-0.05, 0) is 18.6 Å². The molecule has 0 radical (unpaired) electrons. The summed E-state index contributed by atoms with van der Waals surface area (Å²) in [5.41, 5.74) is -0.0999. The summed E-state index contributed by atoms with van der Waals surface area (Å²) in [6, 6.07) is 1.79. The van der Waals surface area contributed by atoms with Crippen LogP contribution in [-0.4, -0.2) is 16.4 Å². The predicted molar refractivity (Wildman–Crippen MR) is 64.4 cm³/mol. The molecular weight excluding hydrogens is 270 g/mol. The van der Waals surface area contributed by atoms with Gasteiger partial charge in [0.2, 0.25) is 11.7 Å². The average Bonchev–Trinajstić information content (AvgIpc) is 2.85. The van der Waals surface area contributed by atoms with E-state index < -0.39 is 17.4 Å². The molecule has 2 rings (SSSR count). The Morgan fingerprint density at radius 2 is 2.05 bits per heavy atom. The zero-order valence-corrected chi connectivity index (χ0v) is 10.7. The van der Waals surface area contributed by atoms with E-state index in [-0.39, 0.29) is 18.0 Å². The van der Waals surface area contributed by atoms with Crippen LogP contribution in [0.2, 0.25) is 0 Å². The first-order chi connectivity index (χ1) is 9.63. The van der Waals surface area contributed by atoms with Gasteiger partial charge in [-0.1, -0.05) is 12.1 Å². The first-order valence-electron chi connectivity index (χ1n) is 6.02. The lowest BCUT2D eigenvalue weighted by Crippen LogP contribution is -2.02. The lowest BCUT2D eigenvalue weighted by molar-refractivity contribution is 0.112. The summed E-state index contributed by atoms with van der Waals surface area (Å²) >= 11 is 0. The summed E-state index contributed by atoms with van der Waals surface area (Å²) in [4.78, 5) is 14.5. The van der Waals surface area contributed by atoms with Crippen LogP contribution in [0.15, 0.2) is 16.7 Å². The Labute approximate surface area is 113 Å². The molecule has 20 heavy (non-hydrogen) atoms. The zero-order valence-electron chi connectivity index (χ0n) is 10.7. The fourth-order valence-electron chi connectivity index (χ4n) is 1.59. The molecule has 1 aromatic heterocycles. The Bertz CT molecular complexity index is 590. The number of halogens is 2. The van der Waals surface area contributed by atoms with Crippen LogP contribution in [-0.2, 0) is 13.0 Å². The summed E-state index contributed by atoms with van der Waals surface area (Å²) in [7, 11) is 0. The predicted octanol–water partition coefficient (Wildman–Crippen LogP) is 2.69. The molecule has 106 valence electrons. The Hall–Kier alpha value is -2.31. The smallest absolute Gasteiger partial charge is 0.226 e. The molecule has 0 fully saturated rings. The van der Waals surface area contributed by atoms with Crippen LogP contribution in [0.1, 0.15) is 35.4 Å². The van der Waals surface area contributed by atoms with Gasteiger partial charge in [0.05, 0.1) is 0 Å². The van der Waals surface area contributed by atoms with Crippen molar-refractivity contribution in [3.05, 3.63) is 41.0 Å². The summed E-state index contributed by atoms with van der Waals surface area (Å²) in [6.45, 7) is 1.74. The number of aldehydes is 1. The lowest BCUT2D eigenvalue weighted by Gasteiger charge is -2.06. The minimum absolute atomic E-state index is 0.0999. The molecular formula is C13H12F2N2O3. The van der Waals surface area contributed by atoms with Gasteiger partial charge in [0, 0.05) is 12.0 Å². The van der Waals surface area contributed by atoms with E-state index in [1.165, 1.54) is 0 Å². The molecule has 0 bridgehead atoms. The number of carbonyl (C=O) groups excluding carboxylic acids is 1. The van der Waals surface area contributed by atoms with E-state index in [0.717, 1.165) is 18.6 Å². The lowest BCUT2D eigenvalue weighted by atomic mass is 10.2. The number of rotatable bonds is 6. The van der Waals surface area contributed by atoms with Crippen molar-refractivity contribution in [3.8, 4) is 5.75 Å². The fourth-order valence-corrected chi connectivity index (χ4v) is 1.59. The standard InChI is InChI=1S/C13H12F2N2O3/c1-2-3-12-16-11(17-20-12)7-19-13-9(14)4-8(6-18)5-10(13)15/h4-6H,2-3,7H2,1H3. The summed E-state index contributed by atoms with van der Waals surface area (Å²) in [5.74, 6) is -1.83. The molecule has 0 saturated carbocycles. The normalized spacial score (nSPS) is 10.6. The van der Waals surface area contributed by atoms with Gasteiger partial charge in [-0.15, -0.1) is 0 Å². The number of nitrogens with zero attached hydrogens (tertiary/aromatic N) is 2. The molecule has 0 aliphatic heterocycles. The highest BCUT2D eigenvalue weighted by atomic mass is 19.1. The number of hydrogen-bond donors (Lipinski definition) is 0. The van der Waals surface area contributed by atoms with E-state index in [9.17, 15) is 13.6 Å². The van der Waals surface area contributed by atoms with Gasteiger partial charge in [0.25, 0.3) is 0 Å². The molecule has 0 spiro atoms. The Balaban J connectivity index is 2.08. The van der Waals surface area contributed by atoms with E-state index in [1.807, 2.05) is 6.92 Å². The van der Waals surface area contributed by atoms with Gasteiger partial charge in [-0.3, -0.25) is 4.79 Å². The van der Waals surface area contributed by atoms with Crippen LogP contribution in [0.5, 0.6) is 5.75 Å². The van der Waals surface area contributed by atoms with Crippen LogP contribution in [0, 0.1) is 11.6 Å². The highest BCUT2D eigenvalue weighted by Gasteiger charge is 2.14. The summed E-state index contributed by atoms with van der Waals surface area (Å²) in [6.07, 6.45) is 1.83. The van der Waals surface area contributed by atoms with Gasteiger partial charge < -0.3 is 9.26 Å². The van der Waals surface area contributed by atoms with Crippen molar-refractivity contribution in [1.82, 2.24) is 10.1 Å². The number of aromatic nitrogens is 2. The van der Waals surface area contributed by atoms with Crippen molar-refractivity contribution < 1.29 is 22.8 Å². The first kappa shape index (κ1) is 14.1. The Kier molecular flexibility index (Phi) is 4.39. The van der Waals surface area contributed by atoms with Crippen molar-refractivity contribution in [2.45, 2.75) is 26.4 Å². The van der Waals surface area contributed by atoms with Gasteiger partial charge in [0.15, 0.2) is 24.0 Å². The van der Waals surface area contributed by atoms with E-state index in [2.05, 4.69) is 10.1 Å². The topological polar surface area (TPSA) is 65.2 Å². The molecule has 0 aliphatic rings. The third kappa shape index (κ3) is 3.17. The molecule has 1 aromatic carbocycles. The fraction of sp³-hybridized carbons (Fsp3) is 0.308. The summed E-state index contributed by atoms with van der Waals surface area (Å²) in [5, 5.41) is 3.63. The molecule has 0 atom stereocenters. The van der Waals surface area contributed by atoms with Crippen molar-refractivity contribution >= 4 is 6.29 Å². The Morgan fingerprint density at radius 3 is 2.65 bits per heavy atom. The molecule has 1 heterocycles. The number of aryl methyl sites for hydroxylation is 1. The number of benzene rings is 1. The quantitative estimate of drug-likeness (QED) is 0.762. The highest BCUT2D eigenvalue weighted by molar-refractivity contribution is 5.75. The second kappa shape index (κ2) is 6.23.